The minimum atomic E-state index is -0.568. The molecule has 0 saturated heterocycles. The normalized spacial score (nSPS) is 11.2. The molecule has 0 aliphatic rings. The summed E-state index contributed by atoms with van der Waals surface area (Å²) in [5.41, 5.74) is 3.18. The highest BCUT2D eigenvalue weighted by molar-refractivity contribution is 7.22. The van der Waals surface area contributed by atoms with Gasteiger partial charge in [0.2, 0.25) is 5.91 Å². The van der Waals surface area contributed by atoms with Gasteiger partial charge >= 0.3 is 5.69 Å². The van der Waals surface area contributed by atoms with Crippen molar-refractivity contribution in [1.82, 2.24) is 19.1 Å². The monoisotopic (exact) mass is 471 g/mol. The van der Waals surface area contributed by atoms with Gasteiger partial charge in [-0.2, -0.15) is 0 Å². The summed E-state index contributed by atoms with van der Waals surface area (Å²) in [4.78, 5) is 47.9. The number of hydrogen-bond acceptors (Lipinski definition) is 6. The van der Waals surface area contributed by atoms with Crippen LogP contribution >= 0.6 is 11.3 Å². The van der Waals surface area contributed by atoms with E-state index in [1.165, 1.54) is 22.1 Å². The predicted octanol–water partition coefficient (Wildman–Crippen LogP) is 3.47. The van der Waals surface area contributed by atoms with Crippen LogP contribution in [0.5, 0.6) is 0 Å². The van der Waals surface area contributed by atoms with Crippen molar-refractivity contribution in [2.45, 2.75) is 26.9 Å². The van der Waals surface area contributed by atoms with E-state index in [1.54, 1.807) is 12.1 Å². The quantitative estimate of drug-likeness (QED) is 0.423. The van der Waals surface area contributed by atoms with E-state index in [0.717, 1.165) is 31.5 Å². The lowest BCUT2D eigenvalue weighted by atomic mass is 10.1. The highest BCUT2D eigenvalue weighted by Crippen LogP contribution is 2.26. The lowest BCUT2D eigenvalue weighted by molar-refractivity contribution is -0.116. The summed E-state index contributed by atoms with van der Waals surface area (Å²) in [7, 11) is 0. The second-order valence-corrected chi connectivity index (χ2v) is 9.19. The van der Waals surface area contributed by atoms with Gasteiger partial charge < -0.3 is 5.32 Å². The molecule has 5 aromatic rings. The van der Waals surface area contributed by atoms with Gasteiger partial charge in [0, 0.05) is 6.20 Å². The third-order valence-corrected chi connectivity index (χ3v) is 6.47. The molecule has 0 aliphatic carbocycles. The zero-order chi connectivity index (χ0) is 23.8. The van der Waals surface area contributed by atoms with Crippen molar-refractivity contribution in [3.63, 3.8) is 0 Å². The van der Waals surface area contributed by atoms with E-state index in [9.17, 15) is 14.4 Å². The summed E-state index contributed by atoms with van der Waals surface area (Å²) in [5, 5.41) is 3.24. The Morgan fingerprint density at radius 2 is 1.76 bits per heavy atom. The van der Waals surface area contributed by atoms with Crippen LogP contribution in [0.15, 0.2) is 70.4 Å². The van der Waals surface area contributed by atoms with E-state index in [0.29, 0.717) is 10.6 Å². The van der Waals surface area contributed by atoms with E-state index in [2.05, 4.69) is 15.3 Å². The van der Waals surface area contributed by atoms with Crippen molar-refractivity contribution in [3.05, 3.63) is 98.3 Å². The van der Waals surface area contributed by atoms with Gasteiger partial charge in [-0.15, -0.1) is 0 Å². The third kappa shape index (κ3) is 4.13. The maximum Gasteiger partial charge on any atom is 0.332 e. The van der Waals surface area contributed by atoms with Crippen molar-refractivity contribution in [2.24, 2.45) is 0 Å². The first-order valence-electron chi connectivity index (χ1n) is 10.7. The van der Waals surface area contributed by atoms with E-state index < -0.39 is 17.2 Å². The lowest BCUT2D eigenvalue weighted by Gasteiger charge is -2.13. The average molecular weight is 472 g/mol. The molecule has 0 fully saturated rings. The van der Waals surface area contributed by atoms with E-state index in [1.807, 2.05) is 56.3 Å². The molecule has 2 aromatic carbocycles. The Morgan fingerprint density at radius 1 is 1.00 bits per heavy atom. The second-order valence-electron chi connectivity index (χ2n) is 8.16. The minimum Gasteiger partial charge on any atom is -0.300 e. The highest BCUT2D eigenvalue weighted by atomic mass is 32.1. The molecule has 170 valence electrons. The molecule has 3 aromatic heterocycles. The van der Waals surface area contributed by atoms with Crippen LogP contribution in [0.25, 0.3) is 21.3 Å². The van der Waals surface area contributed by atoms with Crippen LogP contribution in [-0.4, -0.2) is 25.0 Å². The first kappa shape index (κ1) is 21.7. The maximum absolute atomic E-state index is 13.3. The van der Waals surface area contributed by atoms with Crippen molar-refractivity contribution < 1.29 is 4.79 Å². The van der Waals surface area contributed by atoms with E-state index in [-0.39, 0.29) is 18.6 Å². The molecular weight excluding hydrogens is 450 g/mol. The molecule has 0 spiro atoms. The molecule has 5 rings (SSSR count). The Morgan fingerprint density at radius 3 is 2.56 bits per heavy atom. The molecule has 1 amide bonds. The summed E-state index contributed by atoms with van der Waals surface area (Å²) in [5.74, 6) is -0.413. The Balaban J connectivity index is 1.51. The van der Waals surface area contributed by atoms with Gasteiger partial charge in [0.25, 0.3) is 5.56 Å². The summed E-state index contributed by atoms with van der Waals surface area (Å²) in [6, 6.07) is 16.7. The number of nitrogens with zero attached hydrogens (tertiary/aromatic N) is 4. The number of benzene rings is 2. The fourth-order valence-electron chi connectivity index (χ4n) is 3.80. The van der Waals surface area contributed by atoms with Crippen molar-refractivity contribution in [3.8, 4) is 0 Å². The van der Waals surface area contributed by atoms with E-state index >= 15 is 0 Å². The number of rotatable bonds is 5. The van der Waals surface area contributed by atoms with Gasteiger partial charge in [-0.05, 0) is 49.2 Å². The molecular formula is C25H21N5O3S. The molecule has 0 saturated carbocycles. The SMILES string of the molecule is Cc1ccc(Cn2c(=O)c3ncccc3n(CC(=O)Nc3nc4ccc(C)cc4s3)c2=O)cc1. The van der Waals surface area contributed by atoms with Crippen molar-refractivity contribution in [1.29, 1.82) is 0 Å². The number of nitrogens with one attached hydrogen (secondary N) is 1. The van der Waals surface area contributed by atoms with E-state index in [4.69, 9.17) is 0 Å². The first-order chi connectivity index (χ1) is 16.4. The lowest BCUT2D eigenvalue weighted by Crippen LogP contribution is -2.42. The topological polar surface area (TPSA) is 98.9 Å². The fourth-order valence-corrected chi connectivity index (χ4v) is 4.78. The van der Waals surface area contributed by atoms with Crippen LogP contribution < -0.4 is 16.6 Å². The standard InChI is InChI=1S/C25H21N5O3S/c1-15-5-8-17(9-6-15)13-30-23(32)22-19(4-3-11-26-22)29(25(30)33)14-21(31)28-24-27-18-10-7-16(2)12-20(18)34-24/h3-12H,13-14H2,1-2H3,(H,27,28,31). The number of amides is 1. The Labute approximate surface area is 198 Å². The number of hydrogen-bond donors (Lipinski definition) is 1. The predicted molar refractivity (Wildman–Crippen MR) is 134 cm³/mol. The van der Waals surface area contributed by atoms with Crippen LogP contribution in [0.3, 0.4) is 0 Å². The summed E-state index contributed by atoms with van der Waals surface area (Å²) in [6.45, 7) is 3.77. The molecule has 0 bridgehead atoms. The fraction of sp³-hybridized carbons (Fsp3) is 0.160. The Kier molecular flexibility index (Phi) is 5.54. The zero-order valence-corrected chi connectivity index (χ0v) is 19.4. The zero-order valence-electron chi connectivity index (χ0n) is 18.6. The van der Waals surface area contributed by atoms with Crippen LogP contribution in [0, 0.1) is 13.8 Å². The number of carbonyl (C=O) groups excluding carboxylic acids is 1. The molecule has 0 unspecified atom stereocenters. The van der Waals surface area contributed by atoms with Crippen molar-refractivity contribution in [2.75, 3.05) is 5.32 Å². The van der Waals surface area contributed by atoms with Crippen molar-refractivity contribution >= 4 is 43.6 Å². The maximum atomic E-state index is 13.3. The number of anilines is 1. The highest BCUT2D eigenvalue weighted by Gasteiger charge is 2.17. The Hall–Kier alpha value is -4.11. The molecule has 1 N–H and O–H groups in total. The van der Waals surface area contributed by atoms with Gasteiger partial charge in [0.05, 0.1) is 22.3 Å². The largest absolute Gasteiger partial charge is 0.332 e. The molecule has 34 heavy (non-hydrogen) atoms. The van der Waals surface area contributed by atoms with Gasteiger partial charge in [-0.3, -0.25) is 18.7 Å². The van der Waals surface area contributed by atoms with Gasteiger partial charge in [0.15, 0.2) is 10.6 Å². The number of pyridine rings is 1. The Bertz CT molecular complexity index is 1660. The first-order valence-corrected chi connectivity index (χ1v) is 11.5. The molecule has 0 aliphatic heterocycles. The number of aromatic nitrogens is 4. The third-order valence-electron chi connectivity index (χ3n) is 5.54. The molecule has 3 heterocycles. The minimum absolute atomic E-state index is 0.0866. The van der Waals surface area contributed by atoms with Gasteiger partial charge in [-0.25, -0.2) is 14.8 Å². The molecule has 0 radical (unpaired) electrons. The van der Waals surface area contributed by atoms with Gasteiger partial charge in [0.1, 0.15) is 6.54 Å². The average Bonchev–Trinajstić information content (AvgIpc) is 3.22. The van der Waals surface area contributed by atoms with Crippen LogP contribution in [0.1, 0.15) is 16.7 Å². The smallest absolute Gasteiger partial charge is 0.300 e. The number of thiazole rings is 1. The second kappa shape index (κ2) is 8.68. The molecule has 9 heteroatoms. The van der Waals surface area contributed by atoms with Gasteiger partial charge in [-0.1, -0.05) is 47.2 Å². The number of carbonyl (C=O) groups is 1. The van der Waals surface area contributed by atoms with Crippen LogP contribution in [0.4, 0.5) is 5.13 Å². The summed E-state index contributed by atoms with van der Waals surface area (Å²) >= 11 is 1.37. The molecule has 8 nitrogen and oxygen atoms in total. The summed E-state index contributed by atoms with van der Waals surface area (Å²) < 4.78 is 3.37. The van der Waals surface area contributed by atoms with Crippen LogP contribution in [0.2, 0.25) is 0 Å². The molecule has 0 atom stereocenters. The number of fused-ring (bicyclic) bond motifs is 2. The summed E-state index contributed by atoms with van der Waals surface area (Å²) in [6.07, 6.45) is 1.50. The van der Waals surface area contributed by atoms with Crippen LogP contribution in [-0.2, 0) is 17.9 Å². The number of aryl methyl sites for hydroxylation is 2.